The lowest BCUT2D eigenvalue weighted by molar-refractivity contribution is -0.137. The van der Waals surface area contributed by atoms with Gasteiger partial charge in [-0.1, -0.05) is 31.0 Å². The molecule has 0 radical (unpaired) electrons. The molecule has 2 aliphatic rings. The number of piperidine rings is 1. The maximum atomic E-state index is 12.7. The van der Waals surface area contributed by atoms with Gasteiger partial charge in [-0.2, -0.15) is 0 Å². The highest BCUT2D eigenvalue weighted by molar-refractivity contribution is 5.89. The molecule has 0 aromatic heterocycles. The molecule has 3 rings (SSSR count). The fourth-order valence-electron chi connectivity index (χ4n) is 4.27. The summed E-state index contributed by atoms with van der Waals surface area (Å²) in [6.07, 6.45) is 8.22. The zero-order valence-electron chi connectivity index (χ0n) is 13.5. The van der Waals surface area contributed by atoms with Crippen LogP contribution in [0.3, 0.4) is 0 Å². The number of hydrogen-bond donors (Lipinski definition) is 1. The summed E-state index contributed by atoms with van der Waals surface area (Å²) in [6, 6.07) is 7.42. The SMILES string of the molecule is O=C(O)c1ccccc1CCC(=O)N1CCC[C@H]2CCCC[C@H]21. The van der Waals surface area contributed by atoms with E-state index < -0.39 is 5.97 Å². The predicted octanol–water partition coefficient (Wildman–Crippen LogP) is 3.50. The number of nitrogens with zero attached hydrogens (tertiary/aromatic N) is 1. The topological polar surface area (TPSA) is 57.6 Å². The van der Waals surface area contributed by atoms with Crippen LogP contribution >= 0.6 is 0 Å². The molecule has 1 amide bonds. The molecule has 2 atom stereocenters. The normalized spacial score (nSPS) is 24.1. The van der Waals surface area contributed by atoms with Crippen LogP contribution < -0.4 is 0 Å². The van der Waals surface area contributed by atoms with Gasteiger partial charge in [0.05, 0.1) is 5.56 Å². The van der Waals surface area contributed by atoms with E-state index in [9.17, 15) is 14.7 Å². The summed E-state index contributed by atoms with van der Waals surface area (Å²) in [7, 11) is 0. The van der Waals surface area contributed by atoms with E-state index in [0.717, 1.165) is 24.9 Å². The Balaban J connectivity index is 1.64. The molecule has 23 heavy (non-hydrogen) atoms. The van der Waals surface area contributed by atoms with Crippen molar-refractivity contribution in [2.45, 2.75) is 57.4 Å². The molecule has 4 nitrogen and oxygen atoms in total. The monoisotopic (exact) mass is 315 g/mol. The highest BCUT2D eigenvalue weighted by Crippen LogP contribution is 2.35. The third-order valence-corrected chi connectivity index (χ3v) is 5.42. The second-order valence-corrected chi connectivity index (χ2v) is 6.80. The number of carbonyl (C=O) groups excluding carboxylic acids is 1. The highest BCUT2D eigenvalue weighted by Gasteiger charge is 2.35. The molecule has 1 aliphatic heterocycles. The van der Waals surface area contributed by atoms with E-state index in [0.29, 0.717) is 30.4 Å². The number of benzene rings is 1. The van der Waals surface area contributed by atoms with Crippen LogP contribution in [0, 0.1) is 5.92 Å². The van der Waals surface area contributed by atoms with Gasteiger partial charge >= 0.3 is 5.97 Å². The van der Waals surface area contributed by atoms with Gasteiger partial charge in [0.15, 0.2) is 0 Å². The zero-order valence-corrected chi connectivity index (χ0v) is 13.5. The van der Waals surface area contributed by atoms with E-state index in [1.807, 2.05) is 12.1 Å². The lowest BCUT2D eigenvalue weighted by atomic mass is 9.78. The first-order valence-corrected chi connectivity index (χ1v) is 8.77. The van der Waals surface area contributed by atoms with Gasteiger partial charge in [0.25, 0.3) is 0 Å². The van der Waals surface area contributed by atoms with Gasteiger partial charge < -0.3 is 10.0 Å². The number of aromatic carboxylic acids is 1. The minimum absolute atomic E-state index is 0.196. The Morgan fingerprint density at radius 2 is 1.83 bits per heavy atom. The van der Waals surface area contributed by atoms with Crippen LogP contribution in [0.25, 0.3) is 0 Å². The molecule has 1 aromatic carbocycles. The Labute approximate surface area is 137 Å². The van der Waals surface area contributed by atoms with Crippen molar-refractivity contribution < 1.29 is 14.7 Å². The fourth-order valence-corrected chi connectivity index (χ4v) is 4.27. The van der Waals surface area contributed by atoms with Gasteiger partial charge in [-0.25, -0.2) is 4.79 Å². The first-order chi connectivity index (χ1) is 11.2. The lowest BCUT2D eigenvalue weighted by Crippen LogP contribution is -2.49. The Morgan fingerprint density at radius 3 is 2.65 bits per heavy atom. The van der Waals surface area contributed by atoms with Crippen LogP contribution in [0.1, 0.15) is 60.9 Å². The van der Waals surface area contributed by atoms with Crippen LogP contribution in [0.2, 0.25) is 0 Å². The van der Waals surface area contributed by atoms with Crippen molar-refractivity contribution in [1.82, 2.24) is 4.90 Å². The molecule has 1 aromatic rings. The quantitative estimate of drug-likeness (QED) is 0.925. The van der Waals surface area contributed by atoms with Gasteiger partial charge in [0, 0.05) is 19.0 Å². The molecule has 1 N–H and O–H groups in total. The van der Waals surface area contributed by atoms with Crippen LogP contribution in [0.15, 0.2) is 24.3 Å². The molecular formula is C19H25NO3. The maximum Gasteiger partial charge on any atom is 0.335 e. The highest BCUT2D eigenvalue weighted by atomic mass is 16.4. The molecule has 1 heterocycles. The van der Waals surface area contributed by atoms with E-state index in [2.05, 4.69) is 4.90 Å². The molecule has 1 saturated carbocycles. The Bertz CT molecular complexity index is 582. The van der Waals surface area contributed by atoms with Crippen molar-refractivity contribution in [2.75, 3.05) is 6.54 Å². The summed E-state index contributed by atoms with van der Waals surface area (Å²) in [6.45, 7) is 0.876. The number of rotatable bonds is 4. The third-order valence-electron chi connectivity index (χ3n) is 5.42. The van der Waals surface area contributed by atoms with Crippen molar-refractivity contribution in [3.05, 3.63) is 35.4 Å². The Hall–Kier alpha value is -1.84. The van der Waals surface area contributed by atoms with Gasteiger partial charge in [0.1, 0.15) is 0 Å². The molecule has 0 unspecified atom stereocenters. The Morgan fingerprint density at radius 1 is 1.09 bits per heavy atom. The third kappa shape index (κ3) is 3.57. The van der Waals surface area contributed by atoms with Crippen LogP contribution in [0.4, 0.5) is 0 Å². The number of fused-ring (bicyclic) bond motifs is 1. The molecule has 1 aliphatic carbocycles. The summed E-state index contributed by atoms with van der Waals surface area (Å²) in [5.74, 6) is -0.0343. The van der Waals surface area contributed by atoms with Crippen LogP contribution in [-0.2, 0) is 11.2 Å². The summed E-state index contributed by atoms with van der Waals surface area (Å²) < 4.78 is 0. The van der Waals surface area contributed by atoms with Crippen molar-refractivity contribution >= 4 is 11.9 Å². The van der Waals surface area contributed by atoms with E-state index in [1.165, 1.54) is 25.7 Å². The molecule has 124 valence electrons. The predicted molar refractivity (Wildman–Crippen MR) is 88.4 cm³/mol. The second-order valence-electron chi connectivity index (χ2n) is 6.80. The minimum atomic E-state index is -0.918. The first-order valence-electron chi connectivity index (χ1n) is 8.77. The molecule has 4 heteroatoms. The number of carboxylic acid groups (broad SMARTS) is 1. The average Bonchev–Trinajstić information content (AvgIpc) is 2.59. The Kier molecular flexibility index (Phi) is 4.99. The zero-order chi connectivity index (χ0) is 16.2. The van der Waals surface area contributed by atoms with Crippen molar-refractivity contribution in [3.8, 4) is 0 Å². The number of hydrogen-bond acceptors (Lipinski definition) is 2. The van der Waals surface area contributed by atoms with E-state index in [4.69, 9.17) is 0 Å². The van der Waals surface area contributed by atoms with E-state index in [1.54, 1.807) is 12.1 Å². The first kappa shape index (κ1) is 16.0. The smallest absolute Gasteiger partial charge is 0.335 e. The molecule has 0 spiro atoms. The second kappa shape index (κ2) is 7.16. The summed E-state index contributed by atoms with van der Waals surface area (Å²) >= 11 is 0. The number of carbonyl (C=O) groups is 2. The lowest BCUT2D eigenvalue weighted by Gasteiger charge is -2.44. The van der Waals surface area contributed by atoms with Crippen LogP contribution in [0.5, 0.6) is 0 Å². The van der Waals surface area contributed by atoms with E-state index >= 15 is 0 Å². The van der Waals surface area contributed by atoms with Crippen molar-refractivity contribution in [3.63, 3.8) is 0 Å². The number of amides is 1. The van der Waals surface area contributed by atoms with E-state index in [-0.39, 0.29) is 5.91 Å². The van der Waals surface area contributed by atoms with Gasteiger partial charge in [-0.3, -0.25) is 4.79 Å². The van der Waals surface area contributed by atoms with Gasteiger partial charge in [0.2, 0.25) is 5.91 Å². The number of aryl methyl sites for hydroxylation is 1. The molecule has 2 fully saturated rings. The summed E-state index contributed by atoms with van der Waals surface area (Å²) in [4.78, 5) is 26.0. The summed E-state index contributed by atoms with van der Waals surface area (Å²) in [5.41, 5.74) is 1.07. The summed E-state index contributed by atoms with van der Waals surface area (Å²) in [5, 5.41) is 9.24. The standard InChI is InChI=1S/C19H25NO3/c21-18(12-11-14-6-1-3-9-16(14)19(22)23)20-13-5-8-15-7-2-4-10-17(15)20/h1,3,6,9,15,17H,2,4-5,7-8,10-13H2,(H,22,23)/t15-,17-/m1/s1. The van der Waals surface area contributed by atoms with Gasteiger partial charge in [-0.15, -0.1) is 0 Å². The molecule has 1 saturated heterocycles. The minimum Gasteiger partial charge on any atom is -0.478 e. The van der Waals surface area contributed by atoms with Gasteiger partial charge in [-0.05, 0) is 49.7 Å². The fraction of sp³-hybridized carbons (Fsp3) is 0.579. The number of carboxylic acids is 1. The molecule has 0 bridgehead atoms. The van der Waals surface area contributed by atoms with Crippen LogP contribution in [-0.4, -0.2) is 34.5 Å². The molecular weight excluding hydrogens is 290 g/mol. The average molecular weight is 315 g/mol. The van der Waals surface area contributed by atoms with Crippen molar-refractivity contribution in [2.24, 2.45) is 5.92 Å². The van der Waals surface area contributed by atoms with Crippen molar-refractivity contribution in [1.29, 1.82) is 0 Å². The number of likely N-dealkylation sites (tertiary alicyclic amines) is 1. The largest absolute Gasteiger partial charge is 0.478 e. The maximum absolute atomic E-state index is 12.7.